The highest BCUT2D eigenvalue weighted by molar-refractivity contribution is 7.10. The Morgan fingerprint density at radius 2 is 1.70 bits per heavy atom. The van der Waals surface area contributed by atoms with E-state index >= 15 is 0 Å². The van der Waals surface area contributed by atoms with Crippen molar-refractivity contribution in [1.82, 2.24) is 10.2 Å². The van der Waals surface area contributed by atoms with E-state index in [0.29, 0.717) is 18.2 Å². The van der Waals surface area contributed by atoms with Crippen molar-refractivity contribution in [3.8, 4) is 0 Å². The highest BCUT2D eigenvalue weighted by Crippen LogP contribution is 2.21. The molecule has 0 bridgehead atoms. The summed E-state index contributed by atoms with van der Waals surface area (Å²) < 4.78 is 0. The number of amides is 1. The maximum absolute atomic E-state index is 12.8. The molecule has 124 valence electrons. The molecular weight excluding hydrogens is 324 g/mol. The van der Waals surface area contributed by atoms with E-state index in [9.17, 15) is 4.79 Å². The van der Waals surface area contributed by atoms with E-state index < -0.39 is 0 Å². The minimum absolute atomic E-state index is 0.297. The molecule has 0 saturated carbocycles. The molecule has 0 aromatic carbocycles. The van der Waals surface area contributed by atoms with Crippen molar-refractivity contribution >= 4 is 28.6 Å². The van der Waals surface area contributed by atoms with Gasteiger partial charge in [-0.15, -0.1) is 22.7 Å². The van der Waals surface area contributed by atoms with Crippen LogP contribution in [0, 0.1) is 5.92 Å². The van der Waals surface area contributed by atoms with Crippen LogP contribution in [-0.4, -0.2) is 23.9 Å². The molecular formula is C18H24N2OS2. The number of carbonyl (C=O) groups excluding carboxylic acids is 1. The van der Waals surface area contributed by atoms with Crippen LogP contribution in [0.3, 0.4) is 0 Å². The molecule has 0 spiro atoms. The molecule has 3 rings (SSSR count). The molecule has 0 atom stereocenters. The van der Waals surface area contributed by atoms with Gasteiger partial charge in [0.1, 0.15) is 0 Å². The van der Waals surface area contributed by atoms with E-state index in [1.165, 1.54) is 22.6 Å². The Balaban J connectivity index is 1.57. The van der Waals surface area contributed by atoms with Crippen LogP contribution in [0.25, 0.3) is 0 Å². The van der Waals surface area contributed by atoms with E-state index in [1.807, 2.05) is 4.90 Å². The standard InChI is InChI=1S/C18H24N2OS2/c21-18(6-5-15-7-9-19-10-8-15)20(13-16-3-1-11-22-16)14-17-4-2-12-23-17/h1-4,11-12,15,19H,5-10,13-14H2. The van der Waals surface area contributed by atoms with Gasteiger partial charge in [0.05, 0.1) is 13.1 Å². The van der Waals surface area contributed by atoms with E-state index in [4.69, 9.17) is 0 Å². The third kappa shape index (κ3) is 5.16. The minimum Gasteiger partial charge on any atom is -0.332 e. The largest absolute Gasteiger partial charge is 0.332 e. The molecule has 2 aromatic rings. The Kier molecular flexibility index (Phi) is 6.25. The third-order valence-corrected chi connectivity index (χ3v) is 6.15. The van der Waals surface area contributed by atoms with Gasteiger partial charge in [-0.1, -0.05) is 12.1 Å². The van der Waals surface area contributed by atoms with E-state index in [0.717, 1.165) is 32.6 Å². The molecule has 0 unspecified atom stereocenters. The van der Waals surface area contributed by atoms with Gasteiger partial charge in [-0.25, -0.2) is 0 Å². The van der Waals surface area contributed by atoms with Crippen LogP contribution in [-0.2, 0) is 17.9 Å². The van der Waals surface area contributed by atoms with E-state index in [-0.39, 0.29) is 0 Å². The Bertz CT molecular complexity index is 538. The summed E-state index contributed by atoms with van der Waals surface area (Å²) in [5.74, 6) is 1.01. The first-order valence-electron chi connectivity index (χ1n) is 8.34. The van der Waals surface area contributed by atoms with Crippen molar-refractivity contribution in [2.75, 3.05) is 13.1 Å². The Morgan fingerprint density at radius 3 is 2.22 bits per heavy atom. The highest BCUT2D eigenvalue weighted by Gasteiger charge is 2.19. The lowest BCUT2D eigenvalue weighted by Crippen LogP contribution is -2.31. The number of hydrogen-bond acceptors (Lipinski definition) is 4. The lowest BCUT2D eigenvalue weighted by Gasteiger charge is -2.25. The molecule has 1 aliphatic rings. The zero-order chi connectivity index (χ0) is 15.9. The molecule has 23 heavy (non-hydrogen) atoms. The predicted molar refractivity (Wildman–Crippen MR) is 97.7 cm³/mol. The summed E-state index contributed by atoms with van der Waals surface area (Å²) in [4.78, 5) is 17.3. The molecule has 1 N–H and O–H groups in total. The highest BCUT2D eigenvalue weighted by atomic mass is 32.1. The summed E-state index contributed by atoms with van der Waals surface area (Å²) in [7, 11) is 0. The average Bonchev–Trinajstić information content (AvgIpc) is 3.27. The molecule has 2 aromatic heterocycles. The number of nitrogens with one attached hydrogen (secondary N) is 1. The van der Waals surface area contributed by atoms with Gasteiger partial charge in [0.15, 0.2) is 0 Å². The van der Waals surface area contributed by atoms with Crippen molar-refractivity contribution < 1.29 is 4.79 Å². The SMILES string of the molecule is O=C(CCC1CCNCC1)N(Cc1cccs1)Cc1cccs1. The van der Waals surface area contributed by atoms with E-state index in [2.05, 4.69) is 40.3 Å². The maximum Gasteiger partial charge on any atom is 0.223 e. The molecule has 0 aliphatic carbocycles. The number of piperidine rings is 1. The molecule has 3 heterocycles. The van der Waals surface area contributed by atoms with Gasteiger partial charge in [0.25, 0.3) is 0 Å². The van der Waals surface area contributed by atoms with Crippen molar-refractivity contribution in [1.29, 1.82) is 0 Å². The first-order chi connectivity index (χ1) is 11.3. The molecule has 0 radical (unpaired) electrons. The van der Waals surface area contributed by atoms with Crippen LogP contribution in [0.2, 0.25) is 0 Å². The smallest absolute Gasteiger partial charge is 0.223 e. The monoisotopic (exact) mass is 348 g/mol. The normalized spacial score (nSPS) is 15.7. The predicted octanol–water partition coefficient (Wildman–Crippen LogP) is 4.12. The van der Waals surface area contributed by atoms with Crippen molar-refractivity contribution in [3.63, 3.8) is 0 Å². The number of hydrogen-bond donors (Lipinski definition) is 1. The second-order valence-electron chi connectivity index (χ2n) is 6.14. The Morgan fingerprint density at radius 1 is 1.09 bits per heavy atom. The first kappa shape index (κ1) is 16.7. The third-order valence-electron chi connectivity index (χ3n) is 4.43. The first-order valence-corrected chi connectivity index (χ1v) is 10.1. The Hall–Kier alpha value is -1.17. The van der Waals surface area contributed by atoms with Crippen LogP contribution in [0.15, 0.2) is 35.0 Å². The van der Waals surface area contributed by atoms with Gasteiger partial charge in [0.2, 0.25) is 5.91 Å². The van der Waals surface area contributed by atoms with Crippen LogP contribution in [0.1, 0.15) is 35.4 Å². The molecule has 1 amide bonds. The fraction of sp³-hybridized carbons (Fsp3) is 0.500. The van der Waals surface area contributed by atoms with Crippen molar-refractivity contribution in [3.05, 3.63) is 44.8 Å². The van der Waals surface area contributed by atoms with E-state index in [1.54, 1.807) is 22.7 Å². The summed E-state index contributed by atoms with van der Waals surface area (Å²) in [6, 6.07) is 8.35. The fourth-order valence-corrected chi connectivity index (χ4v) is 4.51. The zero-order valence-electron chi connectivity index (χ0n) is 13.4. The van der Waals surface area contributed by atoms with Crippen LogP contribution >= 0.6 is 22.7 Å². The van der Waals surface area contributed by atoms with Crippen LogP contribution < -0.4 is 5.32 Å². The average molecular weight is 349 g/mol. The van der Waals surface area contributed by atoms with Crippen molar-refractivity contribution in [2.45, 2.75) is 38.8 Å². The van der Waals surface area contributed by atoms with Gasteiger partial charge in [-0.3, -0.25) is 4.79 Å². The molecule has 5 heteroatoms. The molecule has 3 nitrogen and oxygen atoms in total. The van der Waals surface area contributed by atoms with Crippen LogP contribution in [0.5, 0.6) is 0 Å². The van der Waals surface area contributed by atoms with Gasteiger partial charge in [-0.05, 0) is 61.2 Å². The second kappa shape index (κ2) is 8.62. The summed E-state index contributed by atoms with van der Waals surface area (Å²) in [5.41, 5.74) is 0. The molecule has 1 aliphatic heterocycles. The van der Waals surface area contributed by atoms with Gasteiger partial charge in [0, 0.05) is 16.2 Å². The second-order valence-corrected chi connectivity index (χ2v) is 8.21. The number of thiophene rings is 2. The summed E-state index contributed by atoms with van der Waals surface area (Å²) in [6.45, 7) is 3.68. The maximum atomic E-state index is 12.8. The number of carbonyl (C=O) groups is 1. The lowest BCUT2D eigenvalue weighted by atomic mass is 9.93. The molecule has 1 saturated heterocycles. The van der Waals surface area contributed by atoms with Gasteiger partial charge in [-0.2, -0.15) is 0 Å². The quantitative estimate of drug-likeness (QED) is 0.816. The lowest BCUT2D eigenvalue weighted by molar-refractivity contribution is -0.132. The number of rotatable bonds is 7. The summed E-state index contributed by atoms with van der Waals surface area (Å²) in [5, 5.41) is 7.55. The summed E-state index contributed by atoms with van der Waals surface area (Å²) >= 11 is 3.46. The van der Waals surface area contributed by atoms with Gasteiger partial charge < -0.3 is 10.2 Å². The number of nitrogens with zero attached hydrogens (tertiary/aromatic N) is 1. The molecule has 1 fully saturated rings. The fourth-order valence-electron chi connectivity index (χ4n) is 3.07. The zero-order valence-corrected chi connectivity index (χ0v) is 15.0. The Labute approximate surface area is 146 Å². The summed E-state index contributed by atoms with van der Waals surface area (Å²) in [6.07, 6.45) is 4.14. The van der Waals surface area contributed by atoms with Crippen LogP contribution in [0.4, 0.5) is 0 Å². The topological polar surface area (TPSA) is 32.3 Å². The van der Waals surface area contributed by atoms with Crippen molar-refractivity contribution in [2.24, 2.45) is 5.92 Å². The van der Waals surface area contributed by atoms with Gasteiger partial charge >= 0.3 is 0 Å². The minimum atomic E-state index is 0.297.